The Balaban J connectivity index is 1.53. The third-order valence-electron chi connectivity index (χ3n) is 5.25. The van der Waals surface area contributed by atoms with E-state index < -0.39 is 0 Å². The summed E-state index contributed by atoms with van der Waals surface area (Å²) in [5.74, 6) is -0.278. The minimum atomic E-state index is -0.278. The van der Waals surface area contributed by atoms with Gasteiger partial charge in [0.2, 0.25) is 5.91 Å². The number of aromatic nitrogens is 3. The molecule has 31 heavy (non-hydrogen) atoms. The second-order valence-electron chi connectivity index (χ2n) is 7.64. The largest absolute Gasteiger partial charge is 0.329 e. The fraction of sp³-hybridized carbons (Fsp3) is 0.200. The highest BCUT2D eigenvalue weighted by atomic mass is 16.1. The molecule has 0 aliphatic rings. The van der Waals surface area contributed by atoms with E-state index in [0.29, 0.717) is 22.9 Å². The predicted octanol–water partition coefficient (Wildman–Crippen LogP) is 3.38. The Bertz CT molecular complexity index is 1360. The average Bonchev–Trinajstić information content (AvgIpc) is 2.77. The van der Waals surface area contributed by atoms with Crippen molar-refractivity contribution < 1.29 is 4.79 Å². The van der Waals surface area contributed by atoms with Gasteiger partial charge in [-0.1, -0.05) is 48.0 Å². The molecule has 6 heteroatoms. The lowest BCUT2D eigenvalue weighted by molar-refractivity contribution is -0.118. The lowest BCUT2D eigenvalue weighted by Crippen LogP contribution is -2.24. The van der Waals surface area contributed by atoms with Gasteiger partial charge in [-0.25, -0.2) is 4.98 Å². The van der Waals surface area contributed by atoms with Gasteiger partial charge in [-0.3, -0.25) is 14.2 Å². The second-order valence-corrected chi connectivity index (χ2v) is 7.64. The zero-order valence-corrected chi connectivity index (χ0v) is 17.7. The number of hydrogen-bond acceptors (Lipinski definition) is 3. The molecule has 2 aromatic carbocycles. The van der Waals surface area contributed by atoms with Crippen molar-refractivity contribution in [1.29, 1.82) is 0 Å². The quantitative estimate of drug-likeness (QED) is 0.505. The van der Waals surface area contributed by atoms with Gasteiger partial charge < -0.3 is 4.57 Å². The van der Waals surface area contributed by atoms with Crippen LogP contribution in [0.15, 0.2) is 83.0 Å². The number of benzene rings is 2. The summed E-state index contributed by atoms with van der Waals surface area (Å²) in [6, 6.07) is 19.4. The van der Waals surface area contributed by atoms with Crippen LogP contribution in [0.4, 0.5) is 0 Å². The summed E-state index contributed by atoms with van der Waals surface area (Å²) < 4.78 is 3.41. The van der Waals surface area contributed by atoms with Crippen molar-refractivity contribution in [3.05, 3.63) is 106 Å². The third kappa shape index (κ3) is 4.69. The first-order valence-electron chi connectivity index (χ1n) is 10.2. The van der Waals surface area contributed by atoms with Gasteiger partial charge in [0.05, 0.1) is 17.2 Å². The lowest BCUT2D eigenvalue weighted by atomic mass is 10.1. The fourth-order valence-corrected chi connectivity index (χ4v) is 3.49. The summed E-state index contributed by atoms with van der Waals surface area (Å²) >= 11 is 0. The van der Waals surface area contributed by atoms with E-state index in [2.05, 4.69) is 41.2 Å². The summed E-state index contributed by atoms with van der Waals surface area (Å²) in [6.07, 6.45) is 3.54. The maximum absolute atomic E-state index is 12.7. The van der Waals surface area contributed by atoms with Crippen LogP contribution in [0.3, 0.4) is 0 Å². The van der Waals surface area contributed by atoms with Crippen LogP contribution in [-0.4, -0.2) is 20.0 Å². The van der Waals surface area contributed by atoms with Gasteiger partial charge in [0.15, 0.2) is 0 Å². The molecule has 156 valence electrons. The molecule has 0 N–H and O–H groups in total. The number of hydrogen-bond donors (Lipinski definition) is 0. The molecule has 0 aliphatic heterocycles. The van der Waals surface area contributed by atoms with Crippen molar-refractivity contribution >= 4 is 16.8 Å². The summed E-state index contributed by atoms with van der Waals surface area (Å²) in [4.78, 5) is 33.9. The Kier molecular flexibility index (Phi) is 5.89. The molecular weight excluding hydrogens is 388 g/mol. The zero-order valence-electron chi connectivity index (χ0n) is 17.7. The van der Waals surface area contributed by atoms with Crippen molar-refractivity contribution in [2.75, 3.05) is 0 Å². The van der Waals surface area contributed by atoms with E-state index >= 15 is 0 Å². The SMILES string of the molecule is Cc1ccc(Cn2ccccc2=NC(=O)CCn2cnc3c(C)cccc3c2=O)cc1. The van der Waals surface area contributed by atoms with Crippen LogP contribution < -0.4 is 11.0 Å². The van der Waals surface area contributed by atoms with E-state index in [9.17, 15) is 9.59 Å². The van der Waals surface area contributed by atoms with E-state index in [1.165, 1.54) is 16.5 Å². The van der Waals surface area contributed by atoms with Crippen LogP contribution in [0.2, 0.25) is 0 Å². The van der Waals surface area contributed by atoms with Gasteiger partial charge in [-0.05, 0) is 43.2 Å². The molecular formula is C25H24N4O2. The van der Waals surface area contributed by atoms with E-state index in [1.807, 2.05) is 48.0 Å². The van der Waals surface area contributed by atoms with Crippen molar-refractivity contribution in [2.24, 2.45) is 4.99 Å². The summed E-state index contributed by atoms with van der Waals surface area (Å²) in [6.45, 7) is 4.84. The number of carbonyl (C=O) groups excluding carboxylic acids is 1. The molecule has 0 saturated heterocycles. The van der Waals surface area contributed by atoms with Gasteiger partial charge in [0.25, 0.3) is 5.56 Å². The van der Waals surface area contributed by atoms with Gasteiger partial charge in [-0.15, -0.1) is 0 Å². The van der Waals surface area contributed by atoms with Gasteiger partial charge in [0, 0.05) is 25.7 Å². The zero-order chi connectivity index (χ0) is 21.8. The molecule has 0 aliphatic carbocycles. The smallest absolute Gasteiger partial charge is 0.261 e. The molecule has 2 heterocycles. The van der Waals surface area contributed by atoms with Crippen molar-refractivity contribution in [2.45, 2.75) is 33.4 Å². The predicted molar refractivity (Wildman–Crippen MR) is 121 cm³/mol. The Labute approximate surface area is 180 Å². The highest BCUT2D eigenvalue weighted by Crippen LogP contribution is 2.11. The van der Waals surface area contributed by atoms with Crippen LogP contribution in [0.1, 0.15) is 23.1 Å². The first kappa shape index (κ1) is 20.5. The molecule has 4 aromatic rings. The van der Waals surface area contributed by atoms with Crippen LogP contribution in [0, 0.1) is 13.8 Å². The summed E-state index contributed by atoms with van der Waals surface area (Å²) in [5, 5.41) is 0.561. The number of carbonyl (C=O) groups is 1. The van der Waals surface area contributed by atoms with Crippen molar-refractivity contribution in [3.63, 3.8) is 0 Å². The Morgan fingerprint density at radius 1 is 0.968 bits per heavy atom. The van der Waals surface area contributed by atoms with E-state index in [0.717, 1.165) is 11.1 Å². The highest BCUT2D eigenvalue weighted by molar-refractivity contribution is 5.80. The molecule has 0 spiro atoms. The minimum absolute atomic E-state index is 0.123. The van der Waals surface area contributed by atoms with Crippen LogP contribution >= 0.6 is 0 Å². The molecule has 0 saturated carbocycles. The van der Waals surface area contributed by atoms with Gasteiger partial charge >= 0.3 is 0 Å². The molecule has 0 radical (unpaired) electrons. The molecule has 6 nitrogen and oxygen atoms in total. The number of amides is 1. The first-order chi connectivity index (χ1) is 15.0. The number of para-hydroxylation sites is 1. The number of aryl methyl sites for hydroxylation is 3. The molecule has 0 unspecified atom stereocenters. The first-order valence-corrected chi connectivity index (χ1v) is 10.2. The second kappa shape index (κ2) is 8.92. The van der Waals surface area contributed by atoms with Crippen molar-refractivity contribution in [3.8, 4) is 0 Å². The van der Waals surface area contributed by atoms with E-state index in [1.54, 1.807) is 6.07 Å². The van der Waals surface area contributed by atoms with Crippen LogP contribution in [-0.2, 0) is 17.9 Å². The molecule has 0 bridgehead atoms. The molecule has 1 amide bonds. The number of rotatable bonds is 5. The van der Waals surface area contributed by atoms with E-state index in [-0.39, 0.29) is 24.4 Å². The molecule has 0 fully saturated rings. The average molecular weight is 412 g/mol. The van der Waals surface area contributed by atoms with Crippen molar-refractivity contribution in [1.82, 2.24) is 14.1 Å². The van der Waals surface area contributed by atoms with Crippen LogP contribution in [0.25, 0.3) is 10.9 Å². The van der Waals surface area contributed by atoms with Crippen LogP contribution in [0.5, 0.6) is 0 Å². The summed E-state index contributed by atoms with van der Waals surface area (Å²) in [5.41, 5.74) is 4.44. The van der Waals surface area contributed by atoms with Gasteiger partial charge in [-0.2, -0.15) is 4.99 Å². The fourth-order valence-electron chi connectivity index (χ4n) is 3.49. The molecule has 4 rings (SSSR count). The third-order valence-corrected chi connectivity index (χ3v) is 5.25. The Morgan fingerprint density at radius 2 is 1.77 bits per heavy atom. The maximum Gasteiger partial charge on any atom is 0.261 e. The number of nitrogens with zero attached hydrogens (tertiary/aromatic N) is 4. The molecule has 2 aromatic heterocycles. The summed E-state index contributed by atoms with van der Waals surface area (Å²) in [7, 11) is 0. The number of fused-ring (bicyclic) bond motifs is 1. The normalized spacial score (nSPS) is 11.7. The monoisotopic (exact) mass is 412 g/mol. The minimum Gasteiger partial charge on any atom is -0.329 e. The topological polar surface area (TPSA) is 69.2 Å². The standard InChI is InChI=1S/C25H24N4O2/c1-18-9-11-20(12-10-18)16-28-14-4-3-8-22(28)27-23(30)13-15-29-17-26-24-19(2)6-5-7-21(24)25(29)31/h3-12,14,17H,13,15-16H2,1-2H3. The lowest BCUT2D eigenvalue weighted by Gasteiger charge is -2.08. The van der Waals surface area contributed by atoms with E-state index in [4.69, 9.17) is 0 Å². The Hall–Kier alpha value is -3.80. The Morgan fingerprint density at radius 3 is 2.58 bits per heavy atom. The maximum atomic E-state index is 12.7. The molecule has 0 atom stereocenters. The number of pyridine rings is 1. The van der Waals surface area contributed by atoms with Gasteiger partial charge in [0.1, 0.15) is 5.49 Å². The highest BCUT2D eigenvalue weighted by Gasteiger charge is 2.08.